The number of hydrogen-bond acceptors (Lipinski definition) is 11. The number of nitrogens with zero attached hydrogens (tertiary/aromatic N) is 3. The van der Waals surface area contributed by atoms with Crippen molar-refractivity contribution in [2.75, 3.05) is 44.4 Å². The van der Waals surface area contributed by atoms with E-state index in [1.54, 1.807) is 0 Å². The third-order valence-corrected chi connectivity index (χ3v) is 4.90. The Balaban J connectivity index is 0.00000512. The molecule has 0 saturated carbocycles. The number of rotatable bonds is 11. The maximum atomic E-state index is 12.5. The molecule has 1 saturated heterocycles. The fourth-order valence-corrected chi connectivity index (χ4v) is 3.25. The Morgan fingerprint density at radius 1 is 1.22 bits per heavy atom. The molecule has 0 unspecified atom stereocenters. The monoisotopic (exact) mass is 494 g/mol. The lowest BCUT2D eigenvalue weighted by Crippen LogP contribution is -2.45. The fourth-order valence-electron chi connectivity index (χ4n) is 2.73. The second kappa shape index (κ2) is 13.8. The van der Waals surface area contributed by atoms with Gasteiger partial charge < -0.3 is 29.2 Å². The Bertz CT molecular complexity index is 709. The van der Waals surface area contributed by atoms with Gasteiger partial charge >= 0.3 is 11.9 Å². The van der Waals surface area contributed by atoms with E-state index < -0.39 is 24.1 Å². The summed E-state index contributed by atoms with van der Waals surface area (Å²) >= 11 is 1.07. The number of nitrogens with one attached hydrogen (secondary N) is 1. The molecule has 0 amide bonds. The van der Waals surface area contributed by atoms with E-state index in [0.29, 0.717) is 51.0 Å². The van der Waals surface area contributed by atoms with Crippen LogP contribution in [0.3, 0.4) is 0 Å². The van der Waals surface area contributed by atoms with E-state index in [4.69, 9.17) is 18.9 Å². The van der Waals surface area contributed by atoms with Crippen molar-refractivity contribution in [1.82, 2.24) is 14.1 Å². The quantitative estimate of drug-likeness (QED) is 0.459. The van der Waals surface area contributed by atoms with Crippen molar-refractivity contribution in [3.05, 3.63) is 0 Å². The van der Waals surface area contributed by atoms with Gasteiger partial charge in [0.2, 0.25) is 5.82 Å². The molecule has 1 aliphatic rings. The highest BCUT2D eigenvalue weighted by Crippen LogP contribution is 2.26. The van der Waals surface area contributed by atoms with Gasteiger partial charge in [0.05, 0.1) is 24.9 Å². The van der Waals surface area contributed by atoms with E-state index in [-0.39, 0.29) is 31.0 Å². The molecule has 0 bridgehead atoms. The van der Waals surface area contributed by atoms with Crippen LogP contribution in [-0.4, -0.2) is 77.9 Å². The number of esters is 2. The van der Waals surface area contributed by atoms with E-state index in [0.717, 1.165) is 11.7 Å². The highest BCUT2D eigenvalue weighted by atomic mass is 35.5. The third kappa shape index (κ3) is 9.85. The predicted molar refractivity (Wildman–Crippen MR) is 124 cm³/mol. The largest absolute Gasteiger partial charge is 0.470 e. The number of ether oxygens (including phenoxy) is 4. The maximum Gasteiger partial charge on any atom is 0.347 e. The van der Waals surface area contributed by atoms with Gasteiger partial charge in [0.1, 0.15) is 12.7 Å². The Morgan fingerprint density at radius 3 is 2.53 bits per heavy atom. The minimum atomic E-state index is -0.985. The highest BCUT2D eigenvalue weighted by Gasteiger charge is 2.26. The van der Waals surface area contributed by atoms with Crippen molar-refractivity contribution in [3.63, 3.8) is 0 Å². The first-order chi connectivity index (χ1) is 14.7. The first-order valence-electron chi connectivity index (χ1n) is 10.6. The SMILES string of the molecule is CCCC(=O)O[C@@H](C)C(=O)O[C@@H](CNC(C)(C)C)COc1nsnc1N1CCOCC1.Cl. The summed E-state index contributed by atoms with van der Waals surface area (Å²) in [5.74, 6) is 0.0463. The zero-order valence-electron chi connectivity index (χ0n) is 19.4. The number of aromatic nitrogens is 2. The van der Waals surface area contributed by atoms with Crippen molar-refractivity contribution >= 4 is 41.9 Å². The van der Waals surface area contributed by atoms with Gasteiger partial charge in [-0.1, -0.05) is 6.92 Å². The van der Waals surface area contributed by atoms with Crippen molar-refractivity contribution < 1.29 is 28.5 Å². The fraction of sp³-hybridized carbons (Fsp3) is 0.800. The summed E-state index contributed by atoms with van der Waals surface area (Å²) in [6.45, 7) is 12.6. The molecular weight excluding hydrogens is 460 g/mol. The molecular formula is C20H35ClN4O6S. The van der Waals surface area contributed by atoms with E-state index in [1.165, 1.54) is 6.92 Å². The zero-order chi connectivity index (χ0) is 22.9. The average molecular weight is 495 g/mol. The average Bonchev–Trinajstić information content (AvgIpc) is 3.18. The summed E-state index contributed by atoms with van der Waals surface area (Å²) in [6.07, 6.45) is -0.671. The van der Waals surface area contributed by atoms with Crippen molar-refractivity contribution in [1.29, 1.82) is 0 Å². The number of halogens is 1. The van der Waals surface area contributed by atoms with Crippen molar-refractivity contribution in [3.8, 4) is 5.88 Å². The van der Waals surface area contributed by atoms with E-state index >= 15 is 0 Å². The Kier molecular flexibility index (Phi) is 12.2. The highest BCUT2D eigenvalue weighted by molar-refractivity contribution is 6.99. The molecule has 2 heterocycles. The van der Waals surface area contributed by atoms with Crippen LogP contribution in [-0.2, 0) is 23.8 Å². The van der Waals surface area contributed by atoms with Gasteiger partial charge in [-0.2, -0.15) is 4.37 Å². The molecule has 2 atom stereocenters. The van der Waals surface area contributed by atoms with Crippen LogP contribution >= 0.6 is 24.1 Å². The third-order valence-electron chi connectivity index (χ3n) is 4.40. The molecule has 1 aromatic heterocycles. The van der Waals surface area contributed by atoms with Crippen LogP contribution in [0.5, 0.6) is 5.88 Å². The van der Waals surface area contributed by atoms with Crippen molar-refractivity contribution in [2.45, 2.75) is 65.2 Å². The number of carbonyl (C=O) groups is 2. The van der Waals surface area contributed by atoms with Crippen LogP contribution in [0.1, 0.15) is 47.5 Å². The van der Waals surface area contributed by atoms with Gasteiger partial charge in [0.15, 0.2) is 6.10 Å². The van der Waals surface area contributed by atoms with Crippen LogP contribution in [0.15, 0.2) is 0 Å². The lowest BCUT2D eigenvalue weighted by molar-refractivity contribution is -0.171. The number of carbonyl (C=O) groups excluding carboxylic acids is 2. The van der Waals surface area contributed by atoms with Gasteiger partial charge in [0.25, 0.3) is 5.88 Å². The van der Waals surface area contributed by atoms with Crippen LogP contribution in [0.4, 0.5) is 5.82 Å². The second-order valence-electron chi connectivity index (χ2n) is 8.38. The minimum absolute atomic E-state index is 0. The maximum absolute atomic E-state index is 12.5. The van der Waals surface area contributed by atoms with Crippen LogP contribution in [0.2, 0.25) is 0 Å². The van der Waals surface area contributed by atoms with Crippen LogP contribution in [0.25, 0.3) is 0 Å². The lowest BCUT2D eigenvalue weighted by Gasteiger charge is -2.28. The van der Waals surface area contributed by atoms with Gasteiger partial charge in [-0.3, -0.25) is 4.79 Å². The summed E-state index contributed by atoms with van der Waals surface area (Å²) in [5, 5.41) is 3.31. The minimum Gasteiger partial charge on any atom is -0.470 e. The molecule has 0 spiro atoms. The summed E-state index contributed by atoms with van der Waals surface area (Å²) < 4.78 is 30.6. The zero-order valence-corrected chi connectivity index (χ0v) is 21.1. The van der Waals surface area contributed by atoms with Gasteiger partial charge in [-0.25, -0.2) is 4.79 Å². The molecule has 1 aliphatic heterocycles. The molecule has 0 aromatic carbocycles. The van der Waals surface area contributed by atoms with Gasteiger partial charge in [-0.05, 0) is 34.1 Å². The number of hydrogen-bond donors (Lipinski definition) is 1. The standard InChI is InChI=1S/C20H34N4O6S.ClH/c1-6-7-16(25)29-14(2)19(26)30-15(12-21-20(3,4)5)13-28-18-17(22-31-23-18)24-8-10-27-11-9-24;/h14-15,21H,6-13H2,1-5H3;1H/t14-,15-;/m0./s1. The van der Waals surface area contributed by atoms with Crippen LogP contribution in [0, 0.1) is 0 Å². The van der Waals surface area contributed by atoms with Gasteiger partial charge in [-0.15, -0.1) is 16.8 Å². The van der Waals surface area contributed by atoms with Crippen molar-refractivity contribution in [2.24, 2.45) is 0 Å². The summed E-state index contributed by atoms with van der Waals surface area (Å²) in [6, 6.07) is 0. The lowest BCUT2D eigenvalue weighted by atomic mass is 10.1. The second-order valence-corrected chi connectivity index (χ2v) is 8.90. The normalized spacial score (nSPS) is 16.0. The van der Waals surface area contributed by atoms with Crippen LogP contribution < -0.4 is 15.0 Å². The van der Waals surface area contributed by atoms with E-state index in [1.807, 2.05) is 27.7 Å². The molecule has 1 N–H and O–H groups in total. The number of anilines is 1. The summed E-state index contributed by atoms with van der Waals surface area (Å²) in [7, 11) is 0. The molecule has 12 heteroatoms. The summed E-state index contributed by atoms with van der Waals surface area (Å²) in [5.41, 5.74) is -0.176. The van der Waals surface area contributed by atoms with E-state index in [2.05, 4.69) is 19.0 Å². The predicted octanol–water partition coefficient (Wildman–Crippen LogP) is 2.21. The Hall–Kier alpha value is -1.69. The first-order valence-corrected chi connectivity index (χ1v) is 11.4. The molecule has 1 aromatic rings. The molecule has 2 rings (SSSR count). The summed E-state index contributed by atoms with van der Waals surface area (Å²) in [4.78, 5) is 26.2. The number of morpholine rings is 1. The topological polar surface area (TPSA) is 112 Å². The molecule has 32 heavy (non-hydrogen) atoms. The first kappa shape index (κ1) is 28.3. The van der Waals surface area contributed by atoms with E-state index in [9.17, 15) is 9.59 Å². The molecule has 0 radical (unpaired) electrons. The molecule has 1 fully saturated rings. The Morgan fingerprint density at radius 2 is 1.91 bits per heavy atom. The smallest absolute Gasteiger partial charge is 0.347 e. The molecule has 184 valence electrons. The molecule has 0 aliphatic carbocycles. The van der Waals surface area contributed by atoms with Gasteiger partial charge in [0, 0.05) is 31.6 Å². The molecule has 10 nitrogen and oxygen atoms in total. The Labute approximate surface area is 200 Å².